The van der Waals surface area contributed by atoms with Gasteiger partial charge in [0.05, 0.1) is 15.0 Å². The fraction of sp³-hybridized carbons (Fsp3) is 0.389. The van der Waals surface area contributed by atoms with Gasteiger partial charge in [-0.15, -0.1) is 0 Å². The number of nitrogens with zero attached hydrogens (tertiary/aromatic N) is 2. The topological polar surface area (TPSA) is 77.9 Å². The number of carbonyl (C=O) groups is 3. The van der Waals surface area contributed by atoms with Gasteiger partial charge in [0.15, 0.2) is 5.75 Å². The van der Waals surface area contributed by atoms with Gasteiger partial charge in [-0.1, -0.05) is 37.0 Å². The largest absolute Gasteiger partial charge is 0.505 e. The van der Waals surface area contributed by atoms with Crippen molar-refractivity contribution < 1.29 is 19.5 Å². The van der Waals surface area contributed by atoms with E-state index in [1.807, 2.05) is 13.8 Å². The van der Waals surface area contributed by atoms with Crippen molar-refractivity contribution in [3.63, 3.8) is 0 Å². The highest BCUT2D eigenvalue weighted by Crippen LogP contribution is 2.36. The molecule has 1 aliphatic heterocycles. The number of amides is 3. The van der Waals surface area contributed by atoms with Crippen molar-refractivity contribution in [2.75, 3.05) is 19.6 Å². The maximum absolute atomic E-state index is 12.6. The van der Waals surface area contributed by atoms with Crippen LogP contribution in [0.5, 0.6) is 5.75 Å². The van der Waals surface area contributed by atoms with Gasteiger partial charge in [0.25, 0.3) is 11.1 Å². The molecule has 0 radical (unpaired) electrons. The van der Waals surface area contributed by atoms with E-state index < -0.39 is 11.1 Å². The maximum atomic E-state index is 12.6. The van der Waals surface area contributed by atoms with E-state index in [0.717, 1.165) is 29.5 Å². The summed E-state index contributed by atoms with van der Waals surface area (Å²) < 4.78 is 0. The van der Waals surface area contributed by atoms with E-state index >= 15 is 0 Å². The summed E-state index contributed by atoms with van der Waals surface area (Å²) in [6, 6.07) is 2.87. The summed E-state index contributed by atoms with van der Waals surface area (Å²) in [6.07, 6.45) is 3.06. The Morgan fingerprint density at radius 1 is 1.19 bits per heavy atom. The number of hydrogen-bond acceptors (Lipinski definition) is 5. The van der Waals surface area contributed by atoms with E-state index in [1.54, 1.807) is 4.90 Å². The van der Waals surface area contributed by atoms with Crippen molar-refractivity contribution in [1.29, 1.82) is 0 Å². The summed E-state index contributed by atoms with van der Waals surface area (Å²) in [4.78, 5) is 40.0. The minimum Gasteiger partial charge on any atom is -0.505 e. The quantitative estimate of drug-likeness (QED) is 0.649. The Morgan fingerprint density at radius 2 is 1.74 bits per heavy atom. The maximum Gasteiger partial charge on any atom is 0.294 e. The Morgan fingerprint density at radius 3 is 2.26 bits per heavy atom. The highest BCUT2D eigenvalue weighted by atomic mass is 35.5. The molecule has 1 aromatic carbocycles. The predicted octanol–water partition coefficient (Wildman–Crippen LogP) is 4.38. The van der Waals surface area contributed by atoms with Gasteiger partial charge >= 0.3 is 0 Å². The first-order valence-electron chi connectivity index (χ1n) is 8.49. The molecule has 0 spiro atoms. The molecule has 9 heteroatoms. The fourth-order valence-electron chi connectivity index (χ4n) is 2.59. The zero-order valence-electron chi connectivity index (χ0n) is 15.0. The normalized spacial score (nSPS) is 15.7. The van der Waals surface area contributed by atoms with Crippen molar-refractivity contribution in [3.8, 4) is 5.75 Å². The van der Waals surface area contributed by atoms with Crippen LogP contribution in [0.25, 0.3) is 6.08 Å². The van der Waals surface area contributed by atoms with Crippen LogP contribution in [-0.2, 0) is 9.59 Å². The van der Waals surface area contributed by atoms with Gasteiger partial charge in [-0.3, -0.25) is 19.3 Å². The summed E-state index contributed by atoms with van der Waals surface area (Å²) in [7, 11) is 0. The molecule has 0 aliphatic carbocycles. The summed E-state index contributed by atoms with van der Waals surface area (Å²) in [5.74, 6) is -1.04. The van der Waals surface area contributed by atoms with Gasteiger partial charge in [-0.25, -0.2) is 0 Å². The molecule has 27 heavy (non-hydrogen) atoms. The zero-order valence-corrected chi connectivity index (χ0v) is 17.3. The standard InChI is InChI=1S/C18H20Cl2N2O4S/c1-3-5-21(6-4-2)15(23)10-22-17(25)14(27-18(22)26)9-11-7-12(19)16(24)13(20)8-11/h7-9,24H,3-6,10H2,1-2H3/b14-9-. The van der Waals surface area contributed by atoms with Gasteiger partial charge in [0.2, 0.25) is 5.91 Å². The summed E-state index contributed by atoms with van der Waals surface area (Å²) in [5.41, 5.74) is 0.471. The van der Waals surface area contributed by atoms with E-state index in [4.69, 9.17) is 23.2 Å². The first-order chi connectivity index (χ1) is 12.8. The fourth-order valence-corrected chi connectivity index (χ4v) is 3.93. The Kier molecular flexibility index (Phi) is 7.59. The smallest absolute Gasteiger partial charge is 0.294 e. The van der Waals surface area contributed by atoms with Gasteiger partial charge < -0.3 is 10.0 Å². The molecule has 146 valence electrons. The van der Waals surface area contributed by atoms with Crippen molar-refractivity contribution in [3.05, 3.63) is 32.6 Å². The molecule has 0 unspecified atom stereocenters. The van der Waals surface area contributed by atoms with Crippen molar-refractivity contribution in [2.45, 2.75) is 26.7 Å². The number of benzene rings is 1. The first-order valence-corrected chi connectivity index (χ1v) is 10.1. The van der Waals surface area contributed by atoms with Gasteiger partial charge in [0.1, 0.15) is 6.54 Å². The van der Waals surface area contributed by atoms with Gasteiger partial charge in [-0.2, -0.15) is 0 Å². The van der Waals surface area contributed by atoms with Crippen LogP contribution >= 0.6 is 35.0 Å². The third-order valence-electron chi connectivity index (χ3n) is 3.84. The van der Waals surface area contributed by atoms with Gasteiger partial charge in [0, 0.05) is 13.1 Å². The van der Waals surface area contributed by atoms with E-state index in [-0.39, 0.29) is 33.2 Å². The molecule has 1 fully saturated rings. The van der Waals surface area contributed by atoms with Crippen LogP contribution in [0.15, 0.2) is 17.0 Å². The lowest BCUT2D eigenvalue weighted by Crippen LogP contribution is -2.42. The molecule has 1 aromatic rings. The molecular weight excluding hydrogens is 411 g/mol. The molecular formula is C18H20Cl2N2O4S. The average Bonchev–Trinajstić information content (AvgIpc) is 2.86. The zero-order chi connectivity index (χ0) is 20.1. The lowest BCUT2D eigenvalue weighted by molar-refractivity contribution is -0.135. The van der Waals surface area contributed by atoms with Crippen molar-refractivity contribution in [1.82, 2.24) is 9.80 Å². The molecule has 0 bridgehead atoms. The highest BCUT2D eigenvalue weighted by molar-refractivity contribution is 8.18. The molecule has 0 saturated carbocycles. The lowest BCUT2D eigenvalue weighted by Gasteiger charge is -2.23. The minimum absolute atomic E-state index is 0.0397. The number of aromatic hydroxyl groups is 1. The van der Waals surface area contributed by atoms with Crippen LogP contribution in [0, 0.1) is 0 Å². The second-order valence-corrected chi connectivity index (χ2v) is 7.79. The molecule has 0 aromatic heterocycles. The number of phenolic OH excluding ortho intramolecular Hbond substituents is 1. The van der Waals surface area contributed by atoms with Crippen molar-refractivity contribution >= 4 is 58.1 Å². The number of rotatable bonds is 7. The molecule has 2 rings (SSSR count). The third kappa shape index (κ3) is 5.18. The number of halogens is 2. The second kappa shape index (κ2) is 9.48. The van der Waals surface area contributed by atoms with Crippen LogP contribution < -0.4 is 0 Å². The lowest BCUT2D eigenvalue weighted by atomic mass is 10.2. The number of imide groups is 1. The summed E-state index contributed by atoms with van der Waals surface area (Å²) >= 11 is 12.5. The number of thioether (sulfide) groups is 1. The van der Waals surface area contributed by atoms with Crippen molar-refractivity contribution in [2.24, 2.45) is 0 Å². The van der Waals surface area contributed by atoms with E-state index in [0.29, 0.717) is 18.7 Å². The molecule has 1 aliphatic rings. The molecule has 1 heterocycles. The highest BCUT2D eigenvalue weighted by Gasteiger charge is 2.37. The first kappa shape index (κ1) is 21.6. The van der Waals surface area contributed by atoms with Crippen LogP contribution in [-0.4, -0.2) is 51.6 Å². The van der Waals surface area contributed by atoms with E-state index in [2.05, 4.69) is 0 Å². The minimum atomic E-state index is -0.536. The summed E-state index contributed by atoms with van der Waals surface area (Å²) in [5, 5.41) is 9.19. The SMILES string of the molecule is CCCN(CCC)C(=O)CN1C(=O)S/C(=C\c2cc(Cl)c(O)c(Cl)c2)C1=O. The molecule has 3 amide bonds. The van der Waals surface area contributed by atoms with Gasteiger partial charge in [-0.05, 0) is 48.4 Å². The molecule has 1 N–H and O–H groups in total. The Balaban J connectivity index is 2.18. The van der Waals surface area contributed by atoms with Crippen LogP contribution in [0.2, 0.25) is 10.0 Å². The molecule has 6 nitrogen and oxygen atoms in total. The van der Waals surface area contributed by atoms with Crippen LogP contribution in [0.3, 0.4) is 0 Å². The molecule has 0 atom stereocenters. The Hall–Kier alpha value is -1.70. The number of hydrogen-bond donors (Lipinski definition) is 1. The van der Waals surface area contributed by atoms with E-state index in [9.17, 15) is 19.5 Å². The molecule has 1 saturated heterocycles. The Labute approximate surface area is 172 Å². The van der Waals surface area contributed by atoms with E-state index in [1.165, 1.54) is 18.2 Å². The predicted molar refractivity (Wildman–Crippen MR) is 108 cm³/mol. The number of carbonyl (C=O) groups excluding carboxylic acids is 3. The monoisotopic (exact) mass is 430 g/mol. The second-order valence-electron chi connectivity index (χ2n) is 5.98. The third-order valence-corrected chi connectivity index (χ3v) is 5.33. The van der Waals surface area contributed by atoms with Crippen LogP contribution in [0.4, 0.5) is 4.79 Å². The summed E-state index contributed by atoms with van der Waals surface area (Å²) in [6.45, 7) is 4.82. The van der Waals surface area contributed by atoms with Crippen LogP contribution in [0.1, 0.15) is 32.3 Å². The average molecular weight is 431 g/mol. The number of phenols is 1. The Bertz CT molecular complexity index is 769.